The van der Waals surface area contributed by atoms with Crippen molar-refractivity contribution >= 4 is 54.7 Å². The smallest absolute Gasteiger partial charge is 0.389 e. The van der Waals surface area contributed by atoms with Gasteiger partial charge >= 0.3 is 6.97 Å². The Balaban J connectivity index is 2.08. The molecule has 0 N–H and O–H groups in total. The maximum absolute atomic E-state index is 15.1. The van der Waals surface area contributed by atoms with E-state index in [1.807, 2.05) is 0 Å². The van der Waals surface area contributed by atoms with Gasteiger partial charge in [0.25, 0.3) is 5.69 Å². The summed E-state index contributed by atoms with van der Waals surface area (Å²) in [7, 11) is 0. The number of nitrogens with zero attached hydrogens (tertiary/aromatic N) is 3. The van der Waals surface area contributed by atoms with Gasteiger partial charge in [0.1, 0.15) is 0 Å². The topological polar surface area (TPSA) is 51.1 Å². The van der Waals surface area contributed by atoms with Crippen molar-refractivity contribution in [3.8, 4) is 0 Å². The molecule has 0 atom stereocenters. The van der Waals surface area contributed by atoms with E-state index >= 15 is 8.63 Å². The Morgan fingerprint density at radius 2 is 1.92 bits per heavy atom. The predicted molar refractivity (Wildman–Crippen MR) is 98.0 cm³/mol. The largest absolute Gasteiger partial charge is 0.738 e. The Bertz CT molecular complexity index is 1040. The van der Waals surface area contributed by atoms with Crippen molar-refractivity contribution in [2.45, 2.75) is 0 Å². The summed E-state index contributed by atoms with van der Waals surface area (Å²) >= 11 is 6.36. The average Bonchev–Trinajstić information content (AvgIpc) is 3.13. The summed E-state index contributed by atoms with van der Waals surface area (Å²) in [5.41, 5.74) is 1.51. The molecular formula is C15H8BBr2F2N3O2. The third-order valence-electron chi connectivity index (χ3n) is 4.22. The molecule has 10 heteroatoms. The van der Waals surface area contributed by atoms with Gasteiger partial charge in [-0.15, -0.1) is 0 Å². The number of hydrogen-bond donors (Lipinski definition) is 0. The molecule has 0 radical (unpaired) electrons. The second-order valence-electron chi connectivity index (χ2n) is 5.59. The predicted octanol–water partition coefficient (Wildman–Crippen LogP) is 4.53. The number of hydrogen-bond acceptors (Lipinski definition) is 2. The lowest BCUT2D eigenvalue weighted by molar-refractivity contribution is -0.384. The fraction of sp³-hybridized carbons (Fsp3) is 0. The van der Waals surface area contributed by atoms with E-state index in [9.17, 15) is 10.1 Å². The quantitative estimate of drug-likeness (QED) is 0.368. The summed E-state index contributed by atoms with van der Waals surface area (Å²) in [6.07, 6.45) is 3.13. The molecule has 0 aliphatic carbocycles. The molecule has 0 unspecified atom stereocenters. The van der Waals surface area contributed by atoms with Gasteiger partial charge in [-0.2, -0.15) is 0 Å². The van der Waals surface area contributed by atoms with Gasteiger partial charge in [-0.1, -0.05) is 12.1 Å². The van der Waals surface area contributed by atoms with Crippen molar-refractivity contribution in [2.75, 3.05) is 0 Å². The van der Waals surface area contributed by atoms with Gasteiger partial charge in [-0.3, -0.25) is 10.1 Å². The van der Waals surface area contributed by atoms with Crippen molar-refractivity contribution in [3.63, 3.8) is 0 Å². The molecule has 25 heavy (non-hydrogen) atoms. The van der Waals surface area contributed by atoms with Crippen LogP contribution in [0.5, 0.6) is 0 Å². The second kappa shape index (κ2) is 5.47. The third-order valence-corrected chi connectivity index (χ3v) is 5.51. The Morgan fingerprint density at radius 1 is 1.16 bits per heavy atom. The van der Waals surface area contributed by atoms with Gasteiger partial charge in [-0.05, 0) is 33.6 Å². The Morgan fingerprint density at radius 3 is 2.64 bits per heavy atom. The number of nitro benzene ring substituents is 1. The average molecular weight is 471 g/mol. The summed E-state index contributed by atoms with van der Waals surface area (Å²) < 4.78 is 32.5. The standard InChI is InChI=1S/C15H8BBr2F2N3O2/c17-13-6-4-11-15(9-2-1-3-10(8-9)23(24)25)12-5-7-14(18)22(12)16(19,20)21(11)13/h1-8H. The highest BCUT2D eigenvalue weighted by Gasteiger charge is 2.54. The lowest BCUT2D eigenvalue weighted by Crippen LogP contribution is -2.50. The highest BCUT2D eigenvalue weighted by Crippen LogP contribution is 2.42. The number of benzene rings is 1. The van der Waals surface area contributed by atoms with Gasteiger partial charge in [0.2, 0.25) is 4.62 Å². The number of fused-ring (bicyclic) bond motifs is 2. The van der Waals surface area contributed by atoms with Crippen LogP contribution in [0, 0.1) is 10.1 Å². The zero-order chi connectivity index (χ0) is 17.9. The maximum Gasteiger partial charge on any atom is 0.738 e. The fourth-order valence-corrected chi connectivity index (χ4v) is 4.34. The van der Waals surface area contributed by atoms with Crippen molar-refractivity contribution in [1.82, 2.24) is 4.48 Å². The lowest BCUT2D eigenvalue weighted by Gasteiger charge is -2.32. The molecule has 0 spiro atoms. The molecule has 4 rings (SSSR count). The van der Waals surface area contributed by atoms with Gasteiger partial charge in [0.15, 0.2) is 5.70 Å². The minimum Gasteiger partial charge on any atom is -0.389 e. The number of rotatable bonds is 2. The van der Waals surface area contributed by atoms with Gasteiger partial charge in [-0.25, -0.2) is 0 Å². The molecule has 3 heterocycles. The zero-order valence-corrected chi connectivity index (χ0v) is 15.5. The van der Waals surface area contributed by atoms with Crippen molar-refractivity contribution in [2.24, 2.45) is 0 Å². The number of non-ortho nitro benzene ring substituents is 1. The molecule has 1 aromatic carbocycles. The molecular weight excluding hydrogens is 463 g/mol. The monoisotopic (exact) mass is 469 g/mol. The molecule has 0 bridgehead atoms. The molecule has 0 amide bonds. The fourth-order valence-electron chi connectivity index (χ4n) is 3.20. The second-order valence-corrected chi connectivity index (χ2v) is 7.22. The summed E-state index contributed by atoms with van der Waals surface area (Å²) in [6.45, 7) is -4.10. The van der Waals surface area contributed by atoms with Crippen molar-refractivity contribution in [3.05, 3.63) is 80.2 Å². The number of aromatic nitrogens is 1. The van der Waals surface area contributed by atoms with Crippen LogP contribution in [0.15, 0.2) is 58.9 Å². The highest BCUT2D eigenvalue weighted by atomic mass is 79.9. The first-order valence-corrected chi connectivity index (χ1v) is 8.79. The number of allylic oxidation sites excluding steroid dienone is 2. The van der Waals surface area contributed by atoms with Gasteiger partial charge in [0.05, 0.1) is 15.1 Å². The first kappa shape index (κ1) is 16.4. The van der Waals surface area contributed by atoms with E-state index in [0.717, 1.165) is 8.96 Å². The van der Waals surface area contributed by atoms with Crippen LogP contribution < -0.4 is 0 Å². The van der Waals surface area contributed by atoms with Crippen LogP contribution in [-0.2, 0) is 0 Å². The van der Waals surface area contributed by atoms with E-state index in [4.69, 9.17) is 0 Å². The molecule has 0 saturated heterocycles. The van der Waals surface area contributed by atoms with E-state index < -0.39 is 11.9 Å². The van der Waals surface area contributed by atoms with Crippen LogP contribution in [0.3, 0.4) is 0 Å². The van der Waals surface area contributed by atoms with Crippen LogP contribution in [0.4, 0.5) is 14.3 Å². The number of nitro groups is 1. The van der Waals surface area contributed by atoms with Gasteiger partial charge < -0.3 is 17.6 Å². The van der Waals surface area contributed by atoms with E-state index in [1.54, 1.807) is 36.4 Å². The lowest BCUT2D eigenvalue weighted by atomic mass is 9.86. The molecule has 2 aliphatic heterocycles. The van der Waals surface area contributed by atoms with E-state index in [0.29, 0.717) is 22.5 Å². The molecule has 0 fully saturated rings. The first-order valence-electron chi connectivity index (χ1n) is 7.21. The normalized spacial score (nSPS) is 17.8. The maximum atomic E-state index is 15.1. The third kappa shape index (κ3) is 2.27. The Kier molecular flexibility index (Phi) is 3.59. The van der Waals surface area contributed by atoms with Crippen LogP contribution in [0.1, 0.15) is 11.3 Å². The van der Waals surface area contributed by atoms with Gasteiger partial charge in [0, 0.05) is 45.9 Å². The summed E-state index contributed by atoms with van der Waals surface area (Å²) in [5.74, 6) is 0. The van der Waals surface area contributed by atoms with E-state index in [1.165, 1.54) is 12.1 Å². The first-order chi connectivity index (χ1) is 11.8. The summed E-state index contributed by atoms with van der Waals surface area (Å²) in [4.78, 5) is 10.6. The molecule has 5 nitrogen and oxygen atoms in total. The molecule has 1 aromatic heterocycles. The zero-order valence-electron chi connectivity index (χ0n) is 12.4. The van der Waals surface area contributed by atoms with E-state index in [2.05, 4.69) is 31.9 Å². The molecule has 0 saturated carbocycles. The molecule has 2 aromatic rings. The summed E-state index contributed by atoms with van der Waals surface area (Å²) in [6, 6.07) is 9.11. The van der Waals surface area contributed by atoms with E-state index in [-0.39, 0.29) is 14.9 Å². The minimum absolute atomic E-state index is 0.0952. The number of halogens is 4. The Hall–Kier alpha value is -2.07. The SMILES string of the molecule is O=[N+]([O-])c1cccc(C2=C3C=CC(Br)=[N+]3[B-](F)(F)n3c(Br)ccc32)c1. The summed E-state index contributed by atoms with van der Waals surface area (Å²) in [5, 5.41) is 11.1. The van der Waals surface area contributed by atoms with Crippen LogP contribution in [0.2, 0.25) is 0 Å². The molecule has 126 valence electrons. The molecule has 2 aliphatic rings. The van der Waals surface area contributed by atoms with Crippen LogP contribution in [-0.4, -0.2) is 25.5 Å². The minimum atomic E-state index is -4.10. The highest BCUT2D eigenvalue weighted by molar-refractivity contribution is 9.18. The van der Waals surface area contributed by atoms with Crippen LogP contribution >= 0.6 is 31.9 Å². The van der Waals surface area contributed by atoms with Crippen LogP contribution in [0.25, 0.3) is 5.57 Å². The van der Waals surface area contributed by atoms with Crippen molar-refractivity contribution < 1.29 is 18.0 Å². The Labute approximate surface area is 157 Å². The van der Waals surface area contributed by atoms with Crippen molar-refractivity contribution in [1.29, 1.82) is 0 Å².